The molecular weight excluding hydrogens is 400 g/mol. The van der Waals surface area contributed by atoms with Gasteiger partial charge in [-0.15, -0.1) is 11.3 Å². The predicted molar refractivity (Wildman–Crippen MR) is 118 cm³/mol. The highest BCUT2D eigenvalue weighted by molar-refractivity contribution is 7.12. The van der Waals surface area contributed by atoms with E-state index in [1.54, 1.807) is 48.5 Å². The quantitative estimate of drug-likeness (QED) is 0.443. The van der Waals surface area contributed by atoms with E-state index in [1.165, 1.54) is 11.3 Å². The van der Waals surface area contributed by atoms with Crippen molar-refractivity contribution in [3.05, 3.63) is 87.1 Å². The van der Waals surface area contributed by atoms with Gasteiger partial charge in [-0.1, -0.05) is 24.3 Å². The van der Waals surface area contributed by atoms with Crippen LogP contribution < -0.4 is 16.2 Å². The molecule has 0 aliphatic heterocycles. The molecule has 0 saturated heterocycles. The molecule has 0 spiro atoms. The van der Waals surface area contributed by atoms with Crippen molar-refractivity contribution in [3.63, 3.8) is 0 Å². The highest BCUT2D eigenvalue weighted by atomic mass is 32.1. The van der Waals surface area contributed by atoms with Gasteiger partial charge in [0.1, 0.15) is 5.82 Å². The molecule has 4 aromatic rings. The van der Waals surface area contributed by atoms with Crippen LogP contribution in [-0.2, 0) is 11.2 Å². The minimum absolute atomic E-state index is 0.160. The molecule has 4 rings (SSSR count). The predicted octanol–water partition coefficient (Wildman–Crippen LogP) is 3.81. The smallest absolute Gasteiger partial charge is 0.265 e. The lowest BCUT2D eigenvalue weighted by Crippen LogP contribution is -2.16. The maximum absolute atomic E-state index is 12.3. The Morgan fingerprint density at radius 1 is 0.967 bits per heavy atom. The van der Waals surface area contributed by atoms with Gasteiger partial charge in [-0.2, -0.15) is 0 Å². The third kappa shape index (κ3) is 4.61. The highest BCUT2D eigenvalue weighted by Crippen LogP contribution is 2.18. The van der Waals surface area contributed by atoms with Crippen molar-refractivity contribution in [2.75, 3.05) is 10.6 Å². The fraction of sp³-hybridized carbons (Fsp3) is 0.0909. The average Bonchev–Trinajstić information content (AvgIpc) is 3.28. The van der Waals surface area contributed by atoms with Crippen LogP contribution in [0.3, 0.4) is 0 Å². The number of carbonyl (C=O) groups excluding carboxylic acids is 2. The SMILES string of the molecule is O=C(CCc1nc2ccccc2c(=O)[nH]1)Nc1cccc(NC(=O)c2cccs2)c1. The van der Waals surface area contributed by atoms with Crippen molar-refractivity contribution in [2.45, 2.75) is 12.8 Å². The fourth-order valence-electron chi connectivity index (χ4n) is 2.98. The summed E-state index contributed by atoms with van der Waals surface area (Å²) < 4.78 is 0. The van der Waals surface area contributed by atoms with Crippen molar-refractivity contribution in [1.29, 1.82) is 0 Å². The number of anilines is 2. The summed E-state index contributed by atoms with van der Waals surface area (Å²) in [6, 6.07) is 17.6. The molecular formula is C22H18N4O3S. The number of rotatable bonds is 6. The molecule has 150 valence electrons. The number of carbonyl (C=O) groups is 2. The van der Waals surface area contributed by atoms with Gasteiger partial charge in [-0.25, -0.2) is 4.98 Å². The van der Waals surface area contributed by atoms with Crippen LogP contribution in [-0.4, -0.2) is 21.8 Å². The first-order chi connectivity index (χ1) is 14.6. The van der Waals surface area contributed by atoms with Gasteiger partial charge in [0.25, 0.3) is 11.5 Å². The first kappa shape index (κ1) is 19.5. The minimum atomic E-state index is -0.217. The molecule has 30 heavy (non-hydrogen) atoms. The van der Waals surface area contributed by atoms with Crippen molar-refractivity contribution in [3.8, 4) is 0 Å². The lowest BCUT2D eigenvalue weighted by atomic mass is 10.2. The van der Waals surface area contributed by atoms with Gasteiger partial charge in [0.05, 0.1) is 15.8 Å². The summed E-state index contributed by atoms with van der Waals surface area (Å²) in [5, 5.41) is 7.97. The Labute approximate surface area is 175 Å². The number of nitrogens with one attached hydrogen (secondary N) is 3. The number of aromatic amines is 1. The lowest BCUT2D eigenvalue weighted by Gasteiger charge is -2.08. The number of thiophene rings is 1. The van der Waals surface area contributed by atoms with E-state index in [2.05, 4.69) is 20.6 Å². The van der Waals surface area contributed by atoms with E-state index in [9.17, 15) is 14.4 Å². The topological polar surface area (TPSA) is 104 Å². The van der Waals surface area contributed by atoms with Gasteiger partial charge in [-0.3, -0.25) is 14.4 Å². The van der Waals surface area contributed by atoms with Gasteiger partial charge in [0, 0.05) is 24.2 Å². The Kier molecular flexibility index (Phi) is 5.67. The number of hydrogen-bond donors (Lipinski definition) is 3. The van der Waals surface area contributed by atoms with E-state index in [4.69, 9.17) is 0 Å². The van der Waals surface area contributed by atoms with E-state index >= 15 is 0 Å². The lowest BCUT2D eigenvalue weighted by molar-refractivity contribution is -0.116. The largest absolute Gasteiger partial charge is 0.326 e. The number of nitrogens with zero attached hydrogens (tertiary/aromatic N) is 1. The molecule has 0 atom stereocenters. The summed E-state index contributed by atoms with van der Waals surface area (Å²) in [7, 11) is 0. The number of benzene rings is 2. The molecule has 2 amide bonds. The van der Waals surface area contributed by atoms with Crippen molar-refractivity contribution in [2.24, 2.45) is 0 Å². The Hall–Kier alpha value is -3.78. The van der Waals surface area contributed by atoms with Gasteiger partial charge in [0.15, 0.2) is 0 Å². The summed E-state index contributed by atoms with van der Waals surface area (Å²) in [4.78, 5) is 44.4. The van der Waals surface area contributed by atoms with E-state index in [0.717, 1.165) is 0 Å². The highest BCUT2D eigenvalue weighted by Gasteiger charge is 2.09. The maximum Gasteiger partial charge on any atom is 0.265 e. The number of amides is 2. The number of fused-ring (bicyclic) bond motifs is 1. The minimum Gasteiger partial charge on any atom is -0.326 e. The Balaban J connectivity index is 1.37. The van der Waals surface area contributed by atoms with Gasteiger partial charge in [0.2, 0.25) is 5.91 Å². The van der Waals surface area contributed by atoms with Gasteiger partial charge in [-0.05, 0) is 41.8 Å². The normalized spacial score (nSPS) is 10.7. The zero-order valence-corrected chi connectivity index (χ0v) is 16.7. The number of aryl methyl sites for hydroxylation is 1. The molecule has 3 N–H and O–H groups in total. The third-order valence-corrected chi connectivity index (χ3v) is 5.27. The first-order valence-electron chi connectivity index (χ1n) is 9.31. The summed E-state index contributed by atoms with van der Waals surface area (Å²) in [6.45, 7) is 0. The van der Waals surface area contributed by atoms with E-state index in [0.29, 0.717) is 39.4 Å². The number of H-pyrrole nitrogens is 1. The van der Waals surface area contributed by atoms with Crippen LogP contribution in [0.25, 0.3) is 10.9 Å². The molecule has 0 aliphatic carbocycles. The Morgan fingerprint density at radius 2 is 1.77 bits per heavy atom. The van der Waals surface area contributed by atoms with Crippen LogP contribution in [0.4, 0.5) is 11.4 Å². The molecule has 2 aromatic carbocycles. The van der Waals surface area contributed by atoms with E-state index in [-0.39, 0.29) is 23.8 Å². The third-order valence-electron chi connectivity index (χ3n) is 4.40. The summed E-state index contributed by atoms with van der Waals surface area (Å²) in [5.74, 6) is 0.0539. The molecule has 0 aliphatic rings. The molecule has 7 nitrogen and oxygen atoms in total. The maximum atomic E-state index is 12.3. The van der Waals surface area contributed by atoms with E-state index < -0.39 is 0 Å². The van der Waals surface area contributed by atoms with Crippen LogP contribution >= 0.6 is 11.3 Å². The molecule has 0 saturated carbocycles. The molecule has 8 heteroatoms. The molecule has 2 aromatic heterocycles. The Morgan fingerprint density at radius 3 is 2.57 bits per heavy atom. The van der Waals surface area contributed by atoms with Gasteiger partial charge >= 0.3 is 0 Å². The summed E-state index contributed by atoms with van der Waals surface area (Å²) in [5.41, 5.74) is 1.55. The second kappa shape index (κ2) is 8.71. The van der Waals surface area contributed by atoms with Crippen LogP contribution in [0.1, 0.15) is 21.9 Å². The standard InChI is InChI=1S/C22H18N4O3S/c27-20(11-10-19-25-17-8-2-1-7-16(17)21(28)26-19)23-14-5-3-6-15(13-14)24-22(29)18-9-4-12-30-18/h1-9,12-13H,10-11H2,(H,23,27)(H,24,29)(H,25,26,28). The second-order valence-corrected chi connectivity index (χ2v) is 7.54. The molecule has 0 fully saturated rings. The number of aromatic nitrogens is 2. The molecule has 2 heterocycles. The number of para-hydroxylation sites is 1. The van der Waals surface area contributed by atoms with Crippen molar-refractivity contribution < 1.29 is 9.59 Å². The van der Waals surface area contributed by atoms with Gasteiger partial charge < -0.3 is 15.6 Å². The Bertz CT molecular complexity index is 1260. The molecule has 0 unspecified atom stereocenters. The van der Waals surface area contributed by atoms with Crippen LogP contribution in [0.15, 0.2) is 70.8 Å². The monoisotopic (exact) mass is 418 g/mol. The van der Waals surface area contributed by atoms with Crippen molar-refractivity contribution >= 4 is 45.4 Å². The zero-order valence-electron chi connectivity index (χ0n) is 15.8. The van der Waals surface area contributed by atoms with Crippen LogP contribution in [0.2, 0.25) is 0 Å². The molecule has 0 bridgehead atoms. The van der Waals surface area contributed by atoms with E-state index in [1.807, 2.05) is 17.5 Å². The van der Waals surface area contributed by atoms with Crippen LogP contribution in [0.5, 0.6) is 0 Å². The molecule has 0 radical (unpaired) electrons. The zero-order chi connectivity index (χ0) is 20.9. The second-order valence-electron chi connectivity index (χ2n) is 6.59. The summed E-state index contributed by atoms with van der Waals surface area (Å²) >= 11 is 1.36. The van der Waals surface area contributed by atoms with Crippen LogP contribution in [0, 0.1) is 0 Å². The summed E-state index contributed by atoms with van der Waals surface area (Å²) in [6.07, 6.45) is 0.466. The fourth-order valence-corrected chi connectivity index (χ4v) is 3.60. The number of hydrogen-bond acceptors (Lipinski definition) is 5. The first-order valence-corrected chi connectivity index (χ1v) is 10.2. The average molecular weight is 418 g/mol. The van der Waals surface area contributed by atoms with Crippen molar-refractivity contribution in [1.82, 2.24) is 9.97 Å².